The van der Waals surface area contributed by atoms with Gasteiger partial charge in [0.15, 0.2) is 0 Å². The van der Waals surface area contributed by atoms with Crippen LogP contribution in [0, 0.1) is 0 Å². The van der Waals surface area contributed by atoms with E-state index in [4.69, 9.17) is 4.74 Å². The van der Waals surface area contributed by atoms with E-state index in [9.17, 15) is 4.79 Å². The number of hydrogen-bond donors (Lipinski definition) is 2. The van der Waals surface area contributed by atoms with Crippen molar-refractivity contribution in [3.8, 4) is 6.01 Å². The average Bonchev–Trinajstić information content (AvgIpc) is 3.00. The summed E-state index contributed by atoms with van der Waals surface area (Å²) in [4.78, 5) is 15.8. The molecular formula is C10H14N6O2. The third-order valence-corrected chi connectivity index (χ3v) is 2.28. The number of ether oxygens (including phenoxy) is 1. The summed E-state index contributed by atoms with van der Waals surface area (Å²) in [6, 6.07) is 1.53. The first-order valence-electron chi connectivity index (χ1n) is 5.56. The third-order valence-electron chi connectivity index (χ3n) is 2.28. The molecule has 2 aromatic rings. The average molecular weight is 250 g/mol. The minimum atomic E-state index is -0.430. The highest BCUT2D eigenvalue weighted by Crippen LogP contribution is 2.09. The van der Waals surface area contributed by atoms with E-state index in [1.54, 1.807) is 30.1 Å². The zero-order chi connectivity index (χ0) is 13.0. The Morgan fingerprint density at radius 3 is 3.17 bits per heavy atom. The van der Waals surface area contributed by atoms with Crippen LogP contribution in [0.3, 0.4) is 0 Å². The summed E-state index contributed by atoms with van der Waals surface area (Å²) in [5, 5.41) is 13.0. The van der Waals surface area contributed by atoms with Crippen molar-refractivity contribution in [1.82, 2.24) is 25.0 Å². The molecule has 96 valence electrons. The molecule has 1 atom stereocenters. The molecule has 8 heteroatoms. The lowest BCUT2D eigenvalue weighted by Crippen LogP contribution is -2.24. The summed E-state index contributed by atoms with van der Waals surface area (Å²) in [5.41, 5.74) is 0. The topological polar surface area (TPSA) is 97.7 Å². The van der Waals surface area contributed by atoms with Gasteiger partial charge in [0.05, 0.1) is 6.61 Å². The van der Waals surface area contributed by atoms with Crippen LogP contribution < -0.4 is 10.1 Å². The number of anilines is 1. The molecule has 18 heavy (non-hydrogen) atoms. The lowest BCUT2D eigenvalue weighted by Gasteiger charge is -2.10. The number of aromatic nitrogens is 5. The molecule has 0 saturated carbocycles. The molecule has 2 rings (SSSR count). The monoisotopic (exact) mass is 250 g/mol. The van der Waals surface area contributed by atoms with Crippen molar-refractivity contribution in [3.05, 3.63) is 18.5 Å². The molecule has 2 N–H and O–H groups in total. The number of carbonyl (C=O) groups excluding carboxylic acids is 1. The zero-order valence-corrected chi connectivity index (χ0v) is 10.1. The Labute approximate surface area is 103 Å². The molecular weight excluding hydrogens is 236 g/mol. The van der Waals surface area contributed by atoms with Gasteiger partial charge in [0, 0.05) is 12.4 Å². The van der Waals surface area contributed by atoms with Gasteiger partial charge < -0.3 is 4.74 Å². The first kappa shape index (κ1) is 12.1. The minimum absolute atomic E-state index is 0.208. The van der Waals surface area contributed by atoms with Crippen LogP contribution in [-0.4, -0.2) is 37.5 Å². The molecule has 0 aliphatic rings. The molecule has 0 spiro atoms. The van der Waals surface area contributed by atoms with Gasteiger partial charge in [-0.05, 0) is 19.9 Å². The number of hydrogen-bond acceptors (Lipinski definition) is 5. The van der Waals surface area contributed by atoms with E-state index in [0.717, 1.165) is 0 Å². The van der Waals surface area contributed by atoms with Crippen LogP contribution in [0.2, 0.25) is 0 Å². The fraction of sp³-hybridized carbons (Fsp3) is 0.400. The van der Waals surface area contributed by atoms with Crippen LogP contribution in [0.4, 0.5) is 5.95 Å². The van der Waals surface area contributed by atoms with Crippen molar-refractivity contribution in [2.75, 3.05) is 11.9 Å². The van der Waals surface area contributed by atoms with Crippen LogP contribution in [-0.2, 0) is 4.79 Å². The lowest BCUT2D eigenvalue weighted by atomic mass is 10.3. The van der Waals surface area contributed by atoms with Gasteiger partial charge in [0.2, 0.25) is 5.95 Å². The Kier molecular flexibility index (Phi) is 3.56. The van der Waals surface area contributed by atoms with Gasteiger partial charge >= 0.3 is 6.01 Å². The Morgan fingerprint density at radius 1 is 1.67 bits per heavy atom. The second-order valence-corrected chi connectivity index (χ2v) is 3.55. The molecule has 0 fully saturated rings. The van der Waals surface area contributed by atoms with Crippen LogP contribution in [0.1, 0.15) is 19.9 Å². The van der Waals surface area contributed by atoms with E-state index in [1.807, 2.05) is 6.92 Å². The van der Waals surface area contributed by atoms with Crippen molar-refractivity contribution in [2.24, 2.45) is 0 Å². The molecule has 0 aliphatic heterocycles. The van der Waals surface area contributed by atoms with E-state index in [0.29, 0.717) is 6.61 Å². The van der Waals surface area contributed by atoms with Gasteiger partial charge in [-0.1, -0.05) is 0 Å². The van der Waals surface area contributed by atoms with Crippen molar-refractivity contribution >= 4 is 11.9 Å². The van der Waals surface area contributed by atoms with E-state index >= 15 is 0 Å². The molecule has 0 saturated heterocycles. The quantitative estimate of drug-likeness (QED) is 0.809. The number of aromatic amines is 1. The maximum absolute atomic E-state index is 11.9. The highest BCUT2D eigenvalue weighted by Gasteiger charge is 2.16. The molecule has 1 unspecified atom stereocenters. The van der Waals surface area contributed by atoms with Gasteiger partial charge in [0.1, 0.15) is 6.04 Å². The predicted molar refractivity (Wildman–Crippen MR) is 63.1 cm³/mol. The Bertz CT molecular complexity index is 506. The highest BCUT2D eigenvalue weighted by molar-refractivity contribution is 5.91. The van der Waals surface area contributed by atoms with E-state index in [1.165, 1.54) is 0 Å². The molecule has 1 amide bonds. The number of amides is 1. The minimum Gasteiger partial charge on any atom is -0.463 e. The molecule has 0 aliphatic carbocycles. The van der Waals surface area contributed by atoms with Crippen LogP contribution >= 0.6 is 0 Å². The fourth-order valence-electron chi connectivity index (χ4n) is 1.35. The standard InChI is InChI=1S/C10H14N6O2/c1-3-18-10-13-9(14-15-10)12-8(17)7(2)16-6-4-5-11-16/h4-7H,3H2,1-2H3,(H2,12,13,14,15,17). The van der Waals surface area contributed by atoms with Gasteiger partial charge in [-0.2, -0.15) is 10.1 Å². The molecule has 2 heterocycles. The summed E-state index contributed by atoms with van der Waals surface area (Å²) in [6.45, 7) is 4.03. The van der Waals surface area contributed by atoms with E-state index in [2.05, 4.69) is 25.6 Å². The Morgan fingerprint density at radius 2 is 2.50 bits per heavy atom. The summed E-state index contributed by atoms with van der Waals surface area (Å²) < 4.78 is 6.63. The molecule has 0 aromatic carbocycles. The number of rotatable bonds is 5. The maximum Gasteiger partial charge on any atom is 0.337 e. The lowest BCUT2D eigenvalue weighted by molar-refractivity contribution is -0.119. The van der Waals surface area contributed by atoms with Crippen molar-refractivity contribution in [1.29, 1.82) is 0 Å². The van der Waals surface area contributed by atoms with Gasteiger partial charge in [-0.15, -0.1) is 5.10 Å². The van der Waals surface area contributed by atoms with Crippen molar-refractivity contribution < 1.29 is 9.53 Å². The third kappa shape index (κ3) is 2.65. The summed E-state index contributed by atoms with van der Waals surface area (Å²) in [6.07, 6.45) is 3.33. The van der Waals surface area contributed by atoms with Crippen LogP contribution in [0.15, 0.2) is 18.5 Å². The predicted octanol–water partition coefficient (Wildman–Crippen LogP) is 0.600. The van der Waals surface area contributed by atoms with E-state index < -0.39 is 6.04 Å². The normalized spacial score (nSPS) is 12.1. The van der Waals surface area contributed by atoms with E-state index in [-0.39, 0.29) is 17.9 Å². The SMILES string of the molecule is CCOc1n[nH]c(NC(=O)C(C)n2cccn2)n1. The zero-order valence-electron chi connectivity index (χ0n) is 10.1. The number of nitrogens with one attached hydrogen (secondary N) is 2. The van der Waals surface area contributed by atoms with Crippen molar-refractivity contribution in [3.63, 3.8) is 0 Å². The summed E-state index contributed by atoms with van der Waals surface area (Å²) >= 11 is 0. The molecule has 0 radical (unpaired) electrons. The number of H-pyrrole nitrogens is 1. The summed E-state index contributed by atoms with van der Waals surface area (Å²) in [7, 11) is 0. The number of nitrogens with zero attached hydrogens (tertiary/aromatic N) is 4. The smallest absolute Gasteiger partial charge is 0.337 e. The van der Waals surface area contributed by atoms with Gasteiger partial charge in [-0.3, -0.25) is 14.8 Å². The second-order valence-electron chi connectivity index (χ2n) is 3.55. The van der Waals surface area contributed by atoms with Gasteiger partial charge in [-0.25, -0.2) is 5.10 Å². The highest BCUT2D eigenvalue weighted by atomic mass is 16.5. The van der Waals surface area contributed by atoms with Crippen LogP contribution in [0.25, 0.3) is 0 Å². The molecule has 2 aromatic heterocycles. The number of carbonyl (C=O) groups is 1. The van der Waals surface area contributed by atoms with Crippen molar-refractivity contribution in [2.45, 2.75) is 19.9 Å². The Balaban J connectivity index is 1.98. The second kappa shape index (κ2) is 5.30. The first-order chi connectivity index (χ1) is 8.70. The molecule has 0 bridgehead atoms. The largest absolute Gasteiger partial charge is 0.463 e. The molecule has 8 nitrogen and oxygen atoms in total. The van der Waals surface area contributed by atoms with Crippen LogP contribution in [0.5, 0.6) is 6.01 Å². The fourth-order valence-corrected chi connectivity index (χ4v) is 1.35. The Hall–Kier alpha value is -2.38. The maximum atomic E-state index is 11.9. The first-order valence-corrected chi connectivity index (χ1v) is 5.56. The van der Waals surface area contributed by atoms with Gasteiger partial charge in [0.25, 0.3) is 5.91 Å². The summed E-state index contributed by atoms with van der Waals surface area (Å²) in [5.74, 6) is 0.0142.